The number of halogens is 3. The number of nitrogens with two attached hydrogens (primary N) is 1. The number of hydrogen-bond donors (Lipinski definition) is 1. The van der Waals surface area contributed by atoms with Crippen molar-refractivity contribution in [3.05, 3.63) is 64.1 Å². The van der Waals surface area contributed by atoms with Gasteiger partial charge >= 0.3 is 6.61 Å². The average molecular weight is 426 g/mol. The summed E-state index contributed by atoms with van der Waals surface area (Å²) in [5, 5.41) is 0.632. The first-order valence-corrected chi connectivity index (χ1v) is 9.27. The van der Waals surface area contributed by atoms with Gasteiger partial charge in [-0.1, -0.05) is 40.2 Å². The lowest BCUT2D eigenvalue weighted by Crippen LogP contribution is -2.22. The second kappa shape index (κ2) is 7.13. The number of ether oxygens (including phenoxy) is 1. The summed E-state index contributed by atoms with van der Waals surface area (Å²) in [4.78, 5) is 9.34. The van der Waals surface area contributed by atoms with Gasteiger partial charge in [-0.25, -0.2) is 9.98 Å². The number of amidine groups is 1. The molecule has 2 aromatic carbocycles. The van der Waals surface area contributed by atoms with E-state index in [4.69, 9.17) is 10.7 Å². The summed E-state index contributed by atoms with van der Waals surface area (Å²) in [7, 11) is 0. The van der Waals surface area contributed by atoms with Gasteiger partial charge in [-0.05, 0) is 30.5 Å². The number of benzene rings is 2. The van der Waals surface area contributed by atoms with Crippen molar-refractivity contribution < 1.29 is 13.5 Å². The lowest BCUT2D eigenvalue weighted by Gasteiger charge is -2.24. The lowest BCUT2D eigenvalue weighted by molar-refractivity contribution is -0.0498. The highest BCUT2D eigenvalue weighted by atomic mass is 79.9. The fourth-order valence-corrected chi connectivity index (χ4v) is 3.48. The number of hydrogen-bond acceptors (Lipinski definition) is 5. The van der Waals surface area contributed by atoms with Crippen LogP contribution in [0.3, 0.4) is 0 Å². The zero-order valence-corrected chi connectivity index (χ0v) is 15.5. The molecule has 0 aliphatic carbocycles. The lowest BCUT2D eigenvalue weighted by atomic mass is 9.92. The van der Waals surface area contributed by atoms with Crippen LogP contribution in [0.4, 0.5) is 8.78 Å². The maximum absolute atomic E-state index is 12.4. The van der Waals surface area contributed by atoms with Gasteiger partial charge in [0.25, 0.3) is 0 Å². The first-order chi connectivity index (χ1) is 11.9. The van der Waals surface area contributed by atoms with Gasteiger partial charge in [0, 0.05) is 15.6 Å². The highest BCUT2D eigenvalue weighted by molar-refractivity contribution is 9.10. The molecule has 25 heavy (non-hydrogen) atoms. The van der Waals surface area contributed by atoms with E-state index in [0.29, 0.717) is 16.4 Å². The van der Waals surface area contributed by atoms with Gasteiger partial charge in [0.05, 0.1) is 0 Å². The second-order valence-electron chi connectivity index (χ2n) is 5.20. The van der Waals surface area contributed by atoms with E-state index >= 15 is 0 Å². The maximum atomic E-state index is 12.4. The number of rotatable bonds is 4. The Balaban J connectivity index is 2.12. The Bertz CT molecular complexity index is 842. The smallest absolute Gasteiger partial charge is 0.387 e. The van der Waals surface area contributed by atoms with E-state index in [1.807, 2.05) is 30.5 Å². The molecule has 1 heterocycles. The molecule has 0 bridgehead atoms. The molecule has 0 amide bonds. The molecule has 1 atom stereocenters. The fraction of sp³-hybridized carbons (Fsp3) is 0.176. The molecule has 2 N–H and O–H groups in total. The Labute approximate surface area is 156 Å². The standard InChI is InChI=1S/C17H14BrF2N3OS/c1-25-15-14(21)22-17(23-15,11-3-2-4-12(18)9-11)10-5-7-13(8-6-10)24-16(19)20/h2-9,16H,1H3,(H2,21,22). The zero-order valence-electron chi connectivity index (χ0n) is 13.1. The zero-order chi connectivity index (χ0) is 18.0. The number of alkyl halides is 2. The van der Waals surface area contributed by atoms with Crippen molar-refractivity contribution in [2.45, 2.75) is 12.3 Å². The third kappa shape index (κ3) is 3.55. The Morgan fingerprint density at radius 2 is 1.84 bits per heavy atom. The van der Waals surface area contributed by atoms with Crippen LogP contribution < -0.4 is 10.5 Å². The van der Waals surface area contributed by atoms with Crippen LogP contribution in [-0.4, -0.2) is 23.7 Å². The van der Waals surface area contributed by atoms with Crippen LogP contribution in [0.2, 0.25) is 0 Å². The molecule has 130 valence electrons. The van der Waals surface area contributed by atoms with Crippen molar-refractivity contribution in [1.82, 2.24) is 0 Å². The Hall–Kier alpha value is -1.93. The molecule has 2 aromatic rings. The molecule has 8 heteroatoms. The first kappa shape index (κ1) is 17.9. The number of thioether (sulfide) groups is 1. The average Bonchev–Trinajstić information content (AvgIpc) is 2.93. The molecule has 0 fully saturated rings. The fourth-order valence-electron chi connectivity index (χ4n) is 2.60. The molecule has 1 aliphatic rings. The predicted octanol–water partition coefficient (Wildman–Crippen LogP) is 4.38. The summed E-state index contributed by atoms with van der Waals surface area (Å²) in [5.41, 5.74) is 6.51. The molecule has 1 aliphatic heterocycles. The molecule has 0 radical (unpaired) electrons. The highest BCUT2D eigenvalue weighted by Gasteiger charge is 2.39. The van der Waals surface area contributed by atoms with Gasteiger partial charge in [-0.15, -0.1) is 11.8 Å². The Kier molecular flexibility index (Phi) is 5.10. The Morgan fingerprint density at radius 3 is 2.40 bits per heavy atom. The normalized spacial score (nSPS) is 19.7. The monoisotopic (exact) mass is 425 g/mol. The minimum atomic E-state index is -2.87. The van der Waals surface area contributed by atoms with E-state index in [0.717, 1.165) is 10.0 Å². The van der Waals surface area contributed by atoms with Crippen molar-refractivity contribution in [1.29, 1.82) is 0 Å². The summed E-state index contributed by atoms with van der Waals surface area (Å²) < 4.78 is 30.0. The van der Waals surface area contributed by atoms with Crippen molar-refractivity contribution >= 4 is 38.6 Å². The number of nitrogens with zero attached hydrogens (tertiary/aromatic N) is 2. The van der Waals surface area contributed by atoms with Crippen molar-refractivity contribution in [2.24, 2.45) is 15.7 Å². The minimum absolute atomic E-state index is 0.0761. The maximum Gasteiger partial charge on any atom is 0.387 e. The molecular weight excluding hydrogens is 412 g/mol. The van der Waals surface area contributed by atoms with Crippen LogP contribution in [0.5, 0.6) is 5.75 Å². The van der Waals surface area contributed by atoms with Crippen LogP contribution in [0.1, 0.15) is 11.1 Å². The van der Waals surface area contributed by atoms with E-state index in [1.165, 1.54) is 23.9 Å². The van der Waals surface area contributed by atoms with E-state index in [2.05, 4.69) is 25.7 Å². The molecule has 0 spiro atoms. The first-order valence-electron chi connectivity index (χ1n) is 7.25. The van der Waals surface area contributed by atoms with E-state index in [9.17, 15) is 8.78 Å². The largest absolute Gasteiger partial charge is 0.435 e. The minimum Gasteiger partial charge on any atom is -0.435 e. The van der Waals surface area contributed by atoms with Crippen LogP contribution >= 0.6 is 27.7 Å². The molecule has 3 rings (SSSR count). The number of aliphatic imine (C=N–C) groups is 2. The van der Waals surface area contributed by atoms with Gasteiger partial charge in [0.15, 0.2) is 5.84 Å². The quantitative estimate of drug-likeness (QED) is 0.790. The summed E-state index contributed by atoms with van der Waals surface area (Å²) >= 11 is 4.86. The molecule has 1 unspecified atom stereocenters. The molecule has 0 saturated heterocycles. The Morgan fingerprint density at radius 1 is 1.12 bits per heavy atom. The van der Waals surface area contributed by atoms with Gasteiger partial charge in [0.2, 0.25) is 5.66 Å². The topological polar surface area (TPSA) is 60.0 Å². The summed E-state index contributed by atoms with van der Waals surface area (Å²) in [5.74, 6) is 0.424. The van der Waals surface area contributed by atoms with Crippen molar-refractivity contribution in [2.75, 3.05) is 6.26 Å². The van der Waals surface area contributed by atoms with Gasteiger partial charge in [0.1, 0.15) is 10.8 Å². The third-order valence-corrected chi connectivity index (χ3v) is 4.85. The summed E-state index contributed by atoms with van der Waals surface area (Å²) in [6.07, 6.45) is 1.87. The highest BCUT2D eigenvalue weighted by Crippen LogP contribution is 2.41. The molecule has 4 nitrogen and oxygen atoms in total. The predicted molar refractivity (Wildman–Crippen MR) is 101 cm³/mol. The van der Waals surface area contributed by atoms with Gasteiger partial charge in [-0.3, -0.25) is 0 Å². The summed E-state index contributed by atoms with van der Waals surface area (Å²) in [6.45, 7) is -2.87. The third-order valence-electron chi connectivity index (χ3n) is 3.67. The summed E-state index contributed by atoms with van der Waals surface area (Å²) in [6, 6.07) is 13.9. The van der Waals surface area contributed by atoms with Crippen LogP contribution in [-0.2, 0) is 5.66 Å². The van der Waals surface area contributed by atoms with Crippen molar-refractivity contribution in [3.63, 3.8) is 0 Å². The van der Waals surface area contributed by atoms with E-state index in [1.54, 1.807) is 12.1 Å². The van der Waals surface area contributed by atoms with Crippen LogP contribution in [0, 0.1) is 0 Å². The van der Waals surface area contributed by atoms with E-state index < -0.39 is 12.3 Å². The van der Waals surface area contributed by atoms with Gasteiger partial charge in [-0.2, -0.15) is 8.78 Å². The second-order valence-corrected chi connectivity index (χ2v) is 6.91. The molecular formula is C17H14BrF2N3OS. The van der Waals surface area contributed by atoms with Gasteiger partial charge < -0.3 is 10.5 Å². The van der Waals surface area contributed by atoms with E-state index in [-0.39, 0.29) is 5.75 Å². The van der Waals surface area contributed by atoms with Crippen LogP contribution in [0.25, 0.3) is 0 Å². The molecule has 0 aromatic heterocycles. The van der Waals surface area contributed by atoms with Crippen LogP contribution in [0.15, 0.2) is 63.0 Å². The molecule has 0 saturated carbocycles. The van der Waals surface area contributed by atoms with Crippen molar-refractivity contribution in [3.8, 4) is 5.75 Å². The SMILES string of the molecule is CSC1=NC(c2ccc(OC(F)F)cc2)(c2cccc(Br)c2)N=C1N.